The molecule has 1 amide bonds. The summed E-state index contributed by atoms with van der Waals surface area (Å²) < 4.78 is 0. The van der Waals surface area contributed by atoms with Crippen LogP contribution in [0.2, 0.25) is 0 Å². The van der Waals surface area contributed by atoms with Crippen LogP contribution < -0.4 is 5.32 Å². The largest absolute Gasteiger partial charge is 0.356 e. The van der Waals surface area contributed by atoms with Gasteiger partial charge in [-0.2, -0.15) is 0 Å². The van der Waals surface area contributed by atoms with Gasteiger partial charge in [0.2, 0.25) is 5.91 Å². The number of nitrogens with one attached hydrogen (secondary N) is 2. The summed E-state index contributed by atoms with van der Waals surface area (Å²) in [6, 6.07) is 4.22. The quantitative estimate of drug-likeness (QED) is 0.748. The second-order valence-corrected chi connectivity index (χ2v) is 7.85. The Morgan fingerprint density at radius 2 is 2.23 bits per heavy atom. The monoisotopic (exact) mass is 356 g/mol. The number of piperidine rings is 1. The molecule has 0 saturated carbocycles. The van der Waals surface area contributed by atoms with Gasteiger partial charge in [0.15, 0.2) is 0 Å². The van der Waals surface area contributed by atoms with Gasteiger partial charge in [-0.25, -0.2) is 4.98 Å². The molecule has 0 bridgehead atoms. The van der Waals surface area contributed by atoms with Crippen molar-refractivity contribution in [3.05, 3.63) is 29.1 Å². The Hall–Kier alpha value is -1.88. The maximum absolute atomic E-state index is 12.1. The van der Waals surface area contributed by atoms with Gasteiger partial charge in [0.05, 0.1) is 11.0 Å². The maximum atomic E-state index is 12.1. The summed E-state index contributed by atoms with van der Waals surface area (Å²) in [5.74, 6) is 1.88. The topological polar surface area (TPSA) is 61.0 Å². The Morgan fingerprint density at radius 1 is 1.38 bits per heavy atom. The van der Waals surface area contributed by atoms with E-state index in [1.807, 2.05) is 0 Å². The number of carbonyl (C=O) groups excluding carboxylic acids is 1. The van der Waals surface area contributed by atoms with Crippen molar-refractivity contribution in [3.63, 3.8) is 0 Å². The fourth-order valence-electron chi connectivity index (χ4n) is 3.90. The Balaban J connectivity index is 1.37. The van der Waals surface area contributed by atoms with Gasteiger partial charge in [0.25, 0.3) is 0 Å². The first-order valence-electron chi connectivity index (χ1n) is 9.93. The molecule has 0 radical (unpaired) electrons. The average molecular weight is 357 g/mol. The molecule has 0 unspecified atom stereocenters. The number of aromatic amines is 1. The second-order valence-electron chi connectivity index (χ2n) is 7.85. The van der Waals surface area contributed by atoms with Crippen molar-refractivity contribution in [2.75, 3.05) is 26.7 Å². The lowest BCUT2D eigenvalue weighted by Crippen LogP contribution is -2.33. The van der Waals surface area contributed by atoms with E-state index in [0.717, 1.165) is 49.2 Å². The lowest BCUT2D eigenvalue weighted by molar-refractivity contribution is -0.121. The number of nitrogens with zero attached hydrogens (tertiary/aromatic N) is 2. The van der Waals surface area contributed by atoms with E-state index in [4.69, 9.17) is 4.98 Å². The van der Waals surface area contributed by atoms with E-state index in [1.54, 1.807) is 0 Å². The normalized spacial score (nSPS) is 18.3. The summed E-state index contributed by atoms with van der Waals surface area (Å²) in [6.07, 6.45) is 5.97. The van der Waals surface area contributed by atoms with Gasteiger partial charge >= 0.3 is 0 Å². The zero-order chi connectivity index (χ0) is 18.5. The molecular weight excluding hydrogens is 324 g/mol. The lowest BCUT2D eigenvalue weighted by atomic mass is 9.93. The molecule has 1 aromatic heterocycles. The van der Waals surface area contributed by atoms with Crippen molar-refractivity contribution in [2.24, 2.45) is 5.92 Å². The molecule has 2 N–H and O–H groups in total. The number of hydrogen-bond acceptors (Lipinski definition) is 3. The first-order chi connectivity index (χ1) is 12.5. The molecule has 26 heavy (non-hydrogen) atoms. The molecule has 5 nitrogen and oxygen atoms in total. The molecule has 1 fully saturated rings. The molecule has 2 heterocycles. The zero-order valence-electron chi connectivity index (χ0n) is 16.4. The van der Waals surface area contributed by atoms with Crippen molar-refractivity contribution < 1.29 is 4.79 Å². The zero-order valence-corrected chi connectivity index (χ0v) is 16.4. The third kappa shape index (κ3) is 4.85. The van der Waals surface area contributed by atoms with Crippen LogP contribution in [0.3, 0.4) is 0 Å². The van der Waals surface area contributed by atoms with Gasteiger partial charge in [0, 0.05) is 25.9 Å². The van der Waals surface area contributed by atoms with Crippen LogP contribution in [-0.2, 0) is 11.2 Å². The van der Waals surface area contributed by atoms with E-state index in [9.17, 15) is 4.79 Å². The van der Waals surface area contributed by atoms with Crippen LogP contribution in [0.1, 0.15) is 49.1 Å². The Labute approximate surface area is 156 Å². The highest BCUT2D eigenvalue weighted by Crippen LogP contribution is 2.20. The summed E-state index contributed by atoms with van der Waals surface area (Å²) in [5, 5.41) is 3.06. The van der Waals surface area contributed by atoms with Crippen molar-refractivity contribution in [3.8, 4) is 0 Å². The molecule has 1 aliphatic heterocycles. The number of benzene rings is 1. The summed E-state index contributed by atoms with van der Waals surface area (Å²) in [5.41, 5.74) is 4.68. The third-order valence-electron chi connectivity index (χ3n) is 5.64. The van der Waals surface area contributed by atoms with Crippen molar-refractivity contribution in [2.45, 2.75) is 52.4 Å². The van der Waals surface area contributed by atoms with Crippen LogP contribution in [0.15, 0.2) is 12.1 Å². The van der Waals surface area contributed by atoms with Crippen LogP contribution in [0.25, 0.3) is 11.0 Å². The molecule has 1 aliphatic rings. The molecule has 0 aliphatic carbocycles. The highest BCUT2D eigenvalue weighted by molar-refractivity contribution is 5.79. The fraction of sp³-hybridized carbons (Fsp3) is 0.619. The van der Waals surface area contributed by atoms with Gasteiger partial charge in [-0.15, -0.1) is 0 Å². The van der Waals surface area contributed by atoms with Crippen LogP contribution >= 0.6 is 0 Å². The van der Waals surface area contributed by atoms with E-state index in [-0.39, 0.29) is 5.91 Å². The number of aryl methyl sites for hydroxylation is 3. The number of imidazole rings is 1. The number of hydrogen-bond donors (Lipinski definition) is 2. The fourth-order valence-corrected chi connectivity index (χ4v) is 3.90. The number of carbonyl (C=O) groups is 1. The predicted octanol–water partition coefficient (Wildman–Crippen LogP) is 3.35. The summed E-state index contributed by atoms with van der Waals surface area (Å²) in [6.45, 7) is 7.29. The van der Waals surface area contributed by atoms with E-state index in [1.165, 1.54) is 30.5 Å². The Morgan fingerprint density at radius 3 is 3.04 bits per heavy atom. The van der Waals surface area contributed by atoms with Crippen LogP contribution in [-0.4, -0.2) is 47.5 Å². The number of H-pyrrole nitrogens is 1. The van der Waals surface area contributed by atoms with Crippen LogP contribution in [0.4, 0.5) is 0 Å². The van der Waals surface area contributed by atoms with Crippen molar-refractivity contribution in [1.82, 2.24) is 20.2 Å². The Bertz CT molecular complexity index is 752. The number of aromatic nitrogens is 2. The molecule has 1 atom stereocenters. The standard InChI is InChI=1S/C21H32N4O/c1-15-8-10-18-21(16(15)2)24-19(23-18)7-4-12-22-20(26)11-9-17-6-5-13-25(3)14-17/h8,10,17H,4-7,9,11-14H2,1-3H3,(H,22,26)(H,23,24)/t17-/m1/s1. The minimum absolute atomic E-state index is 0.189. The highest BCUT2D eigenvalue weighted by atomic mass is 16.1. The Kier molecular flexibility index (Phi) is 6.30. The predicted molar refractivity (Wildman–Crippen MR) is 106 cm³/mol. The van der Waals surface area contributed by atoms with Crippen LogP contribution in [0, 0.1) is 19.8 Å². The first-order valence-corrected chi connectivity index (χ1v) is 9.93. The van der Waals surface area contributed by atoms with Gasteiger partial charge < -0.3 is 15.2 Å². The molecule has 1 saturated heterocycles. The number of rotatable bonds is 7. The van der Waals surface area contributed by atoms with Gasteiger partial charge in [0.1, 0.15) is 5.82 Å². The molecule has 5 heteroatoms. The van der Waals surface area contributed by atoms with E-state index < -0.39 is 0 Å². The van der Waals surface area contributed by atoms with E-state index in [2.05, 4.69) is 48.2 Å². The number of fused-ring (bicyclic) bond motifs is 1. The third-order valence-corrected chi connectivity index (χ3v) is 5.64. The minimum Gasteiger partial charge on any atom is -0.356 e. The molecule has 0 spiro atoms. The van der Waals surface area contributed by atoms with Gasteiger partial charge in [-0.3, -0.25) is 4.79 Å². The smallest absolute Gasteiger partial charge is 0.220 e. The summed E-state index contributed by atoms with van der Waals surface area (Å²) >= 11 is 0. The van der Waals surface area contributed by atoms with Gasteiger partial charge in [-0.1, -0.05) is 6.07 Å². The van der Waals surface area contributed by atoms with Gasteiger partial charge in [-0.05, 0) is 76.2 Å². The van der Waals surface area contributed by atoms with Crippen LogP contribution in [0.5, 0.6) is 0 Å². The second kappa shape index (κ2) is 8.67. The van der Waals surface area contributed by atoms with Crippen molar-refractivity contribution in [1.29, 1.82) is 0 Å². The van der Waals surface area contributed by atoms with E-state index in [0.29, 0.717) is 12.3 Å². The average Bonchev–Trinajstić information content (AvgIpc) is 3.04. The first kappa shape index (κ1) is 18.9. The van der Waals surface area contributed by atoms with Crippen molar-refractivity contribution >= 4 is 16.9 Å². The number of amides is 1. The molecule has 3 rings (SSSR count). The molecule has 142 valence electrons. The summed E-state index contributed by atoms with van der Waals surface area (Å²) in [4.78, 5) is 22.5. The minimum atomic E-state index is 0.189. The lowest BCUT2D eigenvalue weighted by Gasteiger charge is -2.29. The maximum Gasteiger partial charge on any atom is 0.220 e. The molecule has 1 aromatic carbocycles. The molecule has 2 aromatic rings. The molecular formula is C21H32N4O. The summed E-state index contributed by atoms with van der Waals surface area (Å²) in [7, 11) is 2.17. The number of likely N-dealkylation sites (tertiary alicyclic amines) is 1. The van der Waals surface area contributed by atoms with E-state index >= 15 is 0 Å². The SMILES string of the molecule is Cc1ccc2[nH]c(CCCNC(=O)CC[C@H]3CCCN(C)C3)nc2c1C. The highest BCUT2D eigenvalue weighted by Gasteiger charge is 2.17.